The van der Waals surface area contributed by atoms with Crippen LogP contribution in [0.4, 0.5) is 17.6 Å². The first-order chi connectivity index (χ1) is 10.7. The quantitative estimate of drug-likeness (QED) is 0.482. The largest absolute Gasteiger partial charge is 0.466 e. The first kappa shape index (κ1) is 17.2. The van der Waals surface area contributed by atoms with Gasteiger partial charge in [0.1, 0.15) is 0 Å². The highest BCUT2D eigenvalue weighted by Gasteiger charge is 2.35. The van der Waals surface area contributed by atoms with Crippen LogP contribution >= 0.6 is 11.6 Å². The van der Waals surface area contributed by atoms with Gasteiger partial charge in [-0.15, -0.1) is 0 Å². The molecule has 2 heterocycles. The van der Waals surface area contributed by atoms with Crippen LogP contribution in [0.1, 0.15) is 18.3 Å². The minimum atomic E-state index is -4.72. The maximum Gasteiger partial charge on any atom is 0.435 e. The van der Waals surface area contributed by atoms with Gasteiger partial charge < -0.3 is 4.74 Å². The van der Waals surface area contributed by atoms with E-state index in [-0.39, 0.29) is 18.0 Å². The Morgan fingerprint density at radius 1 is 1.39 bits per heavy atom. The van der Waals surface area contributed by atoms with Gasteiger partial charge in [0, 0.05) is 6.07 Å². The molecule has 2 rings (SSSR count). The molecule has 0 spiro atoms. The van der Waals surface area contributed by atoms with E-state index in [9.17, 15) is 22.4 Å². The molecule has 2 aromatic heterocycles. The fourth-order valence-electron chi connectivity index (χ4n) is 1.79. The standard InChI is InChI=1S/C13H10ClF4N3O2/c1-2-23-11(22)5-7-4-10(13(16,17)18)20-21(7)8-3-9(15)12(14)19-6-8/h3-4,6H,2,5H2,1H3. The Labute approximate surface area is 132 Å². The van der Waals surface area contributed by atoms with Gasteiger partial charge in [0.2, 0.25) is 0 Å². The summed E-state index contributed by atoms with van der Waals surface area (Å²) in [4.78, 5) is 15.0. The topological polar surface area (TPSA) is 57.0 Å². The summed E-state index contributed by atoms with van der Waals surface area (Å²) in [6, 6.07) is 1.57. The van der Waals surface area contributed by atoms with Gasteiger partial charge in [-0.25, -0.2) is 14.1 Å². The van der Waals surface area contributed by atoms with Crippen molar-refractivity contribution in [1.29, 1.82) is 0 Å². The highest BCUT2D eigenvalue weighted by atomic mass is 35.5. The number of halogens is 5. The van der Waals surface area contributed by atoms with Crippen LogP contribution in [0.5, 0.6) is 0 Å². The summed E-state index contributed by atoms with van der Waals surface area (Å²) in [5.74, 6) is -1.65. The number of esters is 1. The van der Waals surface area contributed by atoms with Gasteiger partial charge in [-0.3, -0.25) is 4.79 Å². The number of rotatable bonds is 4. The summed E-state index contributed by atoms with van der Waals surface area (Å²) < 4.78 is 57.4. The summed E-state index contributed by atoms with van der Waals surface area (Å²) in [6.45, 7) is 1.64. The molecule has 0 saturated heterocycles. The summed E-state index contributed by atoms with van der Waals surface area (Å²) in [7, 11) is 0. The zero-order valence-corrected chi connectivity index (χ0v) is 12.5. The summed E-state index contributed by atoms with van der Waals surface area (Å²) >= 11 is 5.44. The van der Waals surface area contributed by atoms with Crippen LogP contribution in [-0.2, 0) is 22.1 Å². The minimum Gasteiger partial charge on any atom is -0.466 e. The molecule has 0 N–H and O–H groups in total. The Bertz CT molecular complexity index is 730. The SMILES string of the molecule is CCOC(=O)Cc1cc(C(F)(F)F)nn1-c1cnc(Cl)c(F)c1. The fraction of sp³-hybridized carbons (Fsp3) is 0.308. The van der Waals surface area contributed by atoms with Crippen molar-refractivity contribution in [2.24, 2.45) is 0 Å². The van der Waals surface area contributed by atoms with Crippen LogP contribution in [0.2, 0.25) is 5.15 Å². The van der Waals surface area contributed by atoms with Crippen molar-refractivity contribution >= 4 is 17.6 Å². The molecular formula is C13H10ClF4N3O2. The lowest BCUT2D eigenvalue weighted by Gasteiger charge is -2.07. The van der Waals surface area contributed by atoms with E-state index in [1.807, 2.05) is 0 Å². The van der Waals surface area contributed by atoms with Gasteiger partial charge in [0.05, 0.1) is 30.6 Å². The lowest BCUT2D eigenvalue weighted by atomic mass is 10.2. The monoisotopic (exact) mass is 351 g/mol. The van der Waals surface area contributed by atoms with Gasteiger partial charge in [0.15, 0.2) is 16.7 Å². The van der Waals surface area contributed by atoms with E-state index in [0.717, 1.165) is 16.9 Å². The number of nitrogens with zero attached hydrogens (tertiary/aromatic N) is 3. The van der Waals surface area contributed by atoms with Crippen molar-refractivity contribution in [2.45, 2.75) is 19.5 Å². The first-order valence-electron chi connectivity index (χ1n) is 6.35. The number of carbonyl (C=O) groups is 1. The van der Waals surface area contributed by atoms with Crippen LogP contribution < -0.4 is 0 Å². The number of alkyl halides is 3. The van der Waals surface area contributed by atoms with E-state index < -0.39 is 35.2 Å². The summed E-state index contributed by atoms with van der Waals surface area (Å²) in [5.41, 5.74) is -1.42. The molecule has 0 aromatic carbocycles. The molecule has 0 saturated carbocycles. The molecule has 0 unspecified atom stereocenters. The zero-order valence-electron chi connectivity index (χ0n) is 11.7. The Kier molecular flexibility index (Phi) is 4.88. The molecule has 0 atom stereocenters. The van der Waals surface area contributed by atoms with E-state index in [4.69, 9.17) is 16.3 Å². The highest BCUT2D eigenvalue weighted by Crippen LogP contribution is 2.30. The van der Waals surface area contributed by atoms with Crippen molar-refractivity contribution in [3.63, 3.8) is 0 Å². The Morgan fingerprint density at radius 2 is 2.09 bits per heavy atom. The average Bonchev–Trinajstić information content (AvgIpc) is 2.86. The second-order valence-corrected chi connectivity index (χ2v) is 4.74. The molecule has 5 nitrogen and oxygen atoms in total. The van der Waals surface area contributed by atoms with Crippen molar-refractivity contribution in [2.75, 3.05) is 6.61 Å². The molecular weight excluding hydrogens is 342 g/mol. The van der Waals surface area contributed by atoms with Crippen molar-refractivity contribution in [3.8, 4) is 5.69 Å². The smallest absolute Gasteiger partial charge is 0.435 e. The Morgan fingerprint density at radius 3 is 2.65 bits per heavy atom. The van der Waals surface area contributed by atoms with E-state index in [0.29, 0.717) is 6.07 Å². The lowest BCUT2D eigenvalue weighted by molar-refractivity contribution is -0.143. The number of hydrogen-bond acceptors (Lipinski definition) is 4. The van der Waals surface area contributed by atoms with Crippen LogP contribution in [0.25, 0.3) is 5.69 Å². The minimum absolute atomic E-state index is 0.0796. The summed E-state index contributed by atoms with van der Waals surface area (Å²) in [5, 5.41) is 2.94. The normalized spacial score (nSPS) is 11.6. The van der Waals surface area contributed by atoms with Crippen LogP contribution in [0, 0.1) is 5.82 Å². The average molecular weight is 352 g/mol. The second-order valence-electron chi connectivity index (χ2n) is 4.38. The highest BCUT2D eigenvalue weighted by molar-refractivity contribution is 6.29. The van der Waals surface area contributed by atoms with E-state index in [2.05, 4.69) is 10.1 Å². The third-order valence-corrected chi connectivity index (χ3v) is 3.01. The molecule has 0 aliphatic heterocycles. The molecule has 0 bridgehead atoms. The number of pyridine rings is 1. The number of hydrogen-bond donors (Lipinski definition) is 0. The van der Waals surface area contributed by atoms with Crippen molar-refractivity contribution in [1.82, 2.24) is 14.8 Å². The molecule has 0 amide bonds. The van der Waals surface area contributed by atoms with Crippen LogP contribution in [-0.4, -0.2) is 27.3 Å². The molecule has 0 fully saturated rings. The predicted octanol–water partition coefficient (Wildman–Crippen LogP) is 3.18. The van der Waals surface area contributed by atoms with E-state index in [1.165, 1.54) is 0 Å². The van der Waals surface area contributed by atoms with E-state index >= 15 is 0 Å². The van der Waals surface area contributed by atoms with Crippen molar-refractivity contribution < 1.29 is 27.1 Å². The molecule has 10 heteroatoms. The van der Waals surface area contributed by atoms with Crippen molar-refractivity contribution in [3.05, 3.63) is 40.7 Å². The molecule has 0 aliphatic rings. The van der Waals surface area contributed by atoms with Gasteiger partial charge >= 0.3 is 12.1 Å². The second kappa shape index (κ2) is 6.53. The zero-order chi connectivity index (χ0) is 17.2. The molecule has 2 aromatic rings. The molecule has 23 heavy (non-hydrogen) atoms. The van der Waals surface area contributed by atoms with Gasteiger partial charge in [0.25, 0.3) is 0 Å². The third kappa shape index (κ3) is 3.98. The van der Waals surface area contributed by atoms with Gasteiger partial charge in [-0.2, -0.15) is 18.3 Å². The molecule has 124 valence electrons. The maximum atomic E-state index is 13.5. The Balaban J connectivity index is 2.48. The number of ether oxygens (including phenoxy) is 1. The summed E-state index contributed by atoms with van der Waals surface area (Å²) in [6.07, 6.45) is -4.12. The molecule has 0 aliphatic carbocycles. The number of aromatic nitrogens is 3. The van der Waals surface area contributed by atoms with Crippen LogP contribution in [0.15, 0.2) is 18.3 Å². The third-order valence-electron chi connectivity index (χ3n) is 2.73. The van der Waals surface area contributed by atoms with E-state index in [1.54, 1.807) is 6.92 Å². The maximum absolute atomic E-state index is 13.5. The first-order valence-corrected chi connectivity index (χ1v) is 6.73. The lowest BCUT2D eigenvalue weighted by Crippen LogP contribution is -2.12. The van der Waals surface area contributed by atoms with Gasteiger partial charge in [-0.05, 0) is 13.0 Å². The van der Waals surface area contributed by atoms with Gasteiger partial charge in [-0.1, -0.05) is 11.6 Å². The Hall–Kier alpha value is -2.16. The van der Waals surface area contributed by atoms with Crippen LogP contribution in [0.3, 0.4) is 0 Å². The molecule has 0 radical (unpaired) electrons. The predicted molar refractivity (Wildman–Crippen MR) is 71.7 cm³/mol. The fourth-order valence-corrected chi connectivity index (χ4v) is 1.90. The number of carbonyl (C=O) groups excluding carboxylic acids is 1.